The molecule has 0 N–H and O–H groups in total. The summed E-state index contributed by atoms with van der Waals surface area (Å²) in [4.78, 5) is 40.4. The van der Waals surface area contributed by atoms with E-state index in [2.05, 4.69) is 30.0 Å². The van der Waals surface area contributed by atoms with Gasteiger partial charge in [-0.2, -0.15) is 10.1 Å². The van der Waals surface area contributed by atoms with Gasteiger partial charge < -0.3 is 23.8 Å². The Morgan fingerprint density at radius 1 is 1.00 bits per heavy atom. The van der Waals surface area contributed by atoms with Crippen LogP contribution in [-0.4, -0.2) is 95.1 Å². The molecule has 2 aromatic carbocycles. The van der Waals surface area contributed by atoms with Crippen molar-refractivity contribution in [2.75, 3.05) is 31.6 Å². The van der Waals surface area contributed by atoms with E-state index in [1.807, 2.05) is 23.3 Å². The quantitative estimate of drug-likeness (QED) is 0.266. The molecule has 6 aromatic rings. The molecule has 0 aliphatic carbocycles. The number of carbonyl (C=O) groups is 1. The van der Waals surface area contributed by atoms with E-state index in [9.17, 15) is 18.0 Å². The second-order valence-electron chi connectivity index (χ2n) is 12.3. The Labute approximate surface area is 283 Å². The third-order valence-electron chi connectivity index (χ3n) is 9.12. The first kappa shape index (κ1) is 31.6. The van der Waals surface area contributed by atoms with Crippen LogP contribution in [0.25, 0.3) is 39.0 Å². The van der Waals surface area contributed by atoms with Gasteiger partial charge in [0.15, 0.2) is 11.5 Å². The first-order chi connectivity index (χ1) is 24.2. The first-order valence-electron chi connectivity index (χ1n) is 16.1. The Kier molecular flexibility index (Phi) is 7.81. The summed E-state index contributed by atoms with van der Waals surface area (Å²) in [5.74, 6) is -1.15. The van der Waals surface area contributed by atoms with Crippen LogP contribution in [0.2, 0.25) is 0 Å². The largest absolute Gasteiger partial charge is 0.458 e. The van der Waals surface area contributed by atoms with Gasteiger partial charge in [0, 0.05) is 50.5 Å². The van der Waals surface area contributed by atoms with Gasteiger partial charge in [0.05, 0.1) is 47.5 Å². The lowest BCUT2D eigenvalue weighted by Crippen LogP contribution is -2.47. The molecule has 6 heterocycles. The van der Waals surface area contributed by atoms with Crippen LogP contribution in [0.15, 0.2) is 55.1 Å². The number of amides is 1. The summed E-state index contributed by atoms with van der Waals surface area (Å²) in [6.07, 6.45) is 3.60. The van der Waals surface area contributed by atoms with Crippen LogP contribution in [0.4, 0.5) is 19.0 Å². The fourth-order valence-corrected chi connectivity index (χ4v) is 6.96. The molecule has 8 rings (SSSR count). The van der Waals surface area contributed by atoms with E-state index >= 15 is 0 Å². The molecule has 256 valence electrons. The van der Waals surface area contributed by atoms with Gasteiger partial charge in [-0.15, -0.1) is 0 Å². The number of ether oxygens (including phenoxy) is 2. The van der Waals surface area contributed by atoms with Crippen LogP contribution in [0.1, 0.15) is 19.2 Å². The summed E-state index contributed by atoms with van der Waals surface area (Å²) in [5.41, 5.74) is 2.40. The lowest BCUT2D eigenvalue weighted by atomic mass is 10.1. The average Bonchev–Trinajstić information content (AvgIpc) is 3.79. The third kappa shape index (κ3) is 5.45. The number of fused-ring (bicyclic) bond motifs is 6. The standard InChI is InChI=1S/C34H31F3N10O3/c1-4-49-22-14-44(3)33(48)29-12-21(15-46(29)31-24-13-41-47(32(24)40-17-39-31)28-6-5-19(35)10-25(28)37)50-34-38-8-7-26(43-34)23-9-20(36)11-27-30(23)45(16-22)18(2)42-27/h5-11,13,17,21-22,29H,4,12,14-16H2,1-3H3/t21-,22+,29-/m0/s1. The molecule has 0 radical (unpaired) electrons. The number of anilines is 1. The molecule has 0 unspecified atom stereocenters. The van der Waals surface area contributed by atoms with Crippen LogP contribution in [0, 0.1) is 24.4 Å². The first-order valence-corrected chi connectivity index (χ1v) is 16.1. The second-order valence-corrected chi connectivity index (χ2v) is 12.3. The molecule has 1 amide bonds. The highest BCUT2D eigenvalue weighted by Crippen LogP contribution is 2.35. The lowest BCUT2D eigenvalue weighted by Gasteiger charge is -2.31. The van der Waals surface area contributed by atoms with Crippen LogP contribution in [0.5, 0.6) is 6.01 Å². The van der Waals surface area contributed by atoms with Crippen LogP contribution < -0.4 is 9.64 Å². The number of rotatable bonds is 4. The van der Waals surface area contributed by atoms with E-state index in [1.165, 1.54) is 35.4 Å². The van der Waals surface area contributed by atoms with E-state index in [-0.39, 0.29) is 42.8 Å². The molecule has 16 heteroatoms. The Balaban J connectivity index is 1.23. The van der Waals surface area contributed by atoms with E-state index < -0.39 is 35.7 Å². The molecule has 4 aromatic heterocycles. The van der Waals surface area contributed by atoms with E-state index in [4.69, 9.17) is 9.47 Å². The molecule has 0 saturated carbocycles. The minimum atomic E-state index is -0.810. The van der Waals surface area contributed by atoms with Crippen LogP contribution in [0.3, 0.4) is 0 Å². The molecule has 1 fully saturated rings. The molecule has 1 saturated heterocycles. The van der Waals surface area contributed by atoms with E-state index in [1.54, 1.807) is 24.2 Å². The second kappa shape index (κ2) is 12.4. The number of nitrogens with zero attached hydrogens (tertiary/aromatic N) is 10. The SMILES string of the molecule is CCO[C@@H]1CN(C)C(=O)[C@@H]2C[C@@H](CN2c2ncnc3c2cnn3-c2ccc(F)cc2F)Oc2nccc(n2)-c2cc(F)cc3nc(C)n(c23)C1. The molecule has 4 bridgehead atoms. The zero-order valence-corrected chi connectivity index (χ0v) is 27.3. The number of aryl methyl sites for hydroxylation is 1. The van der Waals surface area contributed by atoms with Gasteiger partial charge in [0.1, 0.15) is 47.4 Å². The van der Waals surface area contributed by atoms with Crippen molar-refractivity contribution in [2.45, 2.75) is 45.1 Å². The maximum atomic E-state index is 15.0. The highest BCUT2D eigenvalue weighted by atomic mass is 19.1. The van der Waals surface area contributed by atoms with Crippen molar-refractivity contribution >= 4 is 33.8 Å². The van der Waals surface area contributed by atoms with Crippen molar-refractivity contribution < 1.29 is 27.4 Å². The number of hydrogen-bond donors (Lipinski definition) is 0. The number of carbonyl (C=O) groups excluding carboxylic acids is 1. The number of imidazole rings is 1. The van der Waals surface area contributed by atoms with E-state index in [0.717, 1.165) is 12.1 Å². The predicted octanol–water partition coefficient (Wildman–Crippen LogP) is 4.25. The van der Waals surface area contributed by atoms with Gasteiger partial charge >= 0.3 is 6.01 Å². The van der Waals surface area contributed by atoms with Crippen LogP contribution in [-0.2, 0) is 16.1 Å². The lowest BCUT2D eigenvalue weighted by molar-refractivity contribution is -0.133. The Morgan fingerprint density at radius 2 is 1.86 bits per heavy atom. The summed E-state index contributed by atoms with van der Waals surface area (Å²) < 4.78 is 59.2. The van der Waals surface area contributed by atoms with Crippen molar-refractivity contribution in [3.63, 3.8) is 0 Å². The van der Waals surface area contributed by atoms with Crippen molar-refractivity contribution in [3.05, 3.63) is 78.4 Å². The molecule has 0 spiro atoms. The van der Waals surface area contributed by atoms with Crippen molar-refractivity contribution in [1.29, 1.82) is 0 Å². The van der Waals surface area contributed by atoms with E-state index in [0.29, 0.717) is 52.5 Å². The smallest absolute Gasteiger partial charge is 0.317 e. The van der Waals surface area contributed by atoms with Gasteiger partial charge in [-0.05, 0) is 38.1 Å². The molecule has 2 aliphatic rings. The normalized spacial score (nSPS) is 19.6. The van der Waals surface area contributed by atoms with Crippen molar-refractivity contribution in [2.24, 2.45) is 0 Å². The molecular weight excluding hydrogens is 653 g/mol. The summed E-state index contributed by atoms with van der Waals surface area (Å²) in [7, 11) is 1.72. The number of hydrogen-bond acceptors (Lipinski definition) is 10. The Morgan fingerprint density at radius 3 is 2.68 bits per heavy atom. The highest BCUT2D eigenvalue weighted by molar-refractivity contribution is 5.93. The summed E-state index contributed by atoms with van der Waals surface area (Å²) in [6, 6.07) is 7.00. The maximum absolute atomic E-state index is 15.0. The number of likely N-dealkylation sites (N-methyl/N-ethyl adjacent to an activating group) is 1. The number of aromatic nitrogens is 8. The van der Waals surface area contributed by atoms with Gasteiger partial charge in [-0.1, -0.05) is 0 Å². The maximum Gasteiger partial charge on any atom is 0.317 e. The summed E-state index contributed by atoms with van der Waals surface area (Å²) in [6.45, 7) is 4.92. The van der Waals surface area contributed by atoms with Gasteiger partial charge in [-0.3, -0.25) is 4.79 Å². The van der Waals surface area contributed by atoms with Crippen molar-refractivity contribution in [1.82, 2.24) is 44.2 Å². The van der Waals surface area contributed by atoms with Gasteiger partial charge in [-0.25, -0.2) is 37.8 Å². The molecular formula is C34H31F3N10O3. The monoisotopic (exact) mass is 684 g/mol. The predicted molar refractivity (Wildman–Crippen MR) is 175 cm³/mol. The van der Waals surface area contributed by atoms with Gasteiger partial charge in [0.25, 0.3) is 0 Å². The molecule has 3 atom stereocenters. The molecule has 50 heavy (non-hydrogen) atoms. The minimum absolute atomic E-state index is 0.00772. The average molecular weight is 685 g/mol. The van der Waals surface area contributed by atoms with Crippen LogP contribution >= 0.6 is 0 Å². The fraction of sp³-hybridized carbons (Fsp3) is 0.324. The van der Waals surface area contributed by atoms with Gasteiger partial charge in [0.2, 0.25) is 5.91 Å². The Hall–Kier alpha value is -5.64. The zero-order valence-electron chi connectivity index (χ0n) is 27.3. The number of halogens is 3. The van der Waals surface area contributed by atoms with Crippen molar-refractivity contribution in [3.8, 4) is 23.0 Å². The topological polar surface area (TPSA) is 129 Å². The zero-order chi connectivity index (χ0) is 34.7. The highest BCUT2D eigenvalue weighted by Gasteiger charge is 2.42. The minimum Gasteiger partial charge on any atom is -0.458 e. The molecule has 13 nitrogen and oxygen atoms in total. The summed E-state index contributed by atoms with van der Waals surface area (Å²) >= 11 is 0. The summed E-state index contributed by atoms with van der Waals surface area (Å²) in [5, 5.41) is 4.80. The third-order valence-corrected chi connectivity index (χ3v) is 9.12. The molecule has 2 aliphatic heterocycles. The number of benzene rings is 2. The Bertz CT molecular complexity index is 2280. The fourth-order valence-electron chi connectivity index (χ4n) is 6.96.